The molecule has 2 atom stereocenters. The van der Waals surface area contributed by atoms with Gasteiger partial charge in [-0.15, -0.1) is 0 Å². The average molecular weight is 572 g/mol. The molecule has 42 heavy (non-hydrogen) atoms. The van der Waals surface area contributed by atoms with E-state index in [4.69, 9.17) is 4.74 Å². The number of aromatic nitrogens is 1. The van der Waals surface area contributed by atoms with Crippen molar-refractivity contribution in [2.45, 2.75) is 82.4 Å². The Labute approximate surface area is 246 Å². The Morgan fingerprint density at radius 1 is 0.976 bits per heavy atom. The Morgan fingerprint density at radius 2 is 1.64 bits per heavy atom. The van der Waals surface area contributed by atoms with E-state index in [-0.39, 0.29) is 31.3 Å². The second-order valence-corrected chi connectivity index (χ2v) is 13.1. The van der Waals surface area contributed by atoms with E-state index < -0.39 is 23.6 Å². The van der Waals surface area contributed by atoms with Crippen LogP contribution in [0, 0.1) is 23.7 Å². The smallest absolute Gasteiger partial charge is 0.408 e. The Kier molecular flexibility index (Phi) is 7.97. The number of para-hydroxylation sites is 1. The average Bonchev–Trinajstić information content (AvgIpc) is 3.36. The topological polar surface area (TPSA) is 121 Å². The SMILES string of the molecule is C[C@](Cc1c[nH]c2ccccc12)(NC(=O)OC1C2CC3CC(C2)CC1C3)C(=O)N[C@H](CCC(=O)O)Cc1ccccc1. The first-order valence-corrected chi connectivity index (χ1v) is 15.4. The number of aliphatic carboxylic acids is 1. The largest absolute Gasteiger partial charge is 0.481 e. The Balaban J connectivity index is 1.22. The van der Waals surface area contributed by atoms with Gasteiger partial charge in [0, 0.05) is 36.0 Å². The monoisotopic (exact) mass is 571 g/mol. The fourth-order valence-electron chi connectivity index (χ4n) is 8.05. The maximum atomic E-state index is 14.1. The quantitative estimate of drug-likeness (QED) is 0.238. The highest BCUT2D eigenvalue weighted by Crippen LogP contribution is 2.54. The van der Waals surface area contributed by atoms with Gasteiger partial charge < -0.3 is 25.5 Å². The summed E-state index contributed by atoms with van der Waals surface area (Å²) in [5, 5.41) is 16.4. The van der Waals surface area contributed by atoms with Gasteiger partial charge in [-0.3, -0.25) is 9.59 Å². The number of fused-ring (bicyclic) bond motifs is 1. The highest BCUT2D eigenvalue weighted by Gasteiger charge is 2.50. The van der Waals surface area contributed by atoms with Gasteiger partial charge in [0.1, 0.15) is 11.6 Å². The summed E-state index contributed by atoms with van der Waals surface area (Å²) in [5.41, 5.74) is 1.53. The number of carboxylic acids is 1. The van der Waals surface area contributed by atoms with Crippen molar-refractivity contribution < 1.29 is 24.2 Å². The third-order valence-corrected chi connectivity index (χ3v) is 9.85. The van der Waals surface area contributed by atoms with E-state index in [1.807, 2.05) is 60.8 Å². The highest BCUT2D eigenvalue weighted by molar-refractivity contribution is 5.91. The molecule has 4 aliphatic carbocycles. The molecule has 8 nitrogen and oxygen atoms in total. The number of carbonyl (C=O) groups excluding carboxylic acids is 2. The maximum Gasteiger partial charge on any atom is 0.408 e. The molecule has 2 aromatic carbocycles. The Hall–Kier alpha value is -3.81. The van der Waals surface area contributed by atoms with Gasteiger partial charge in [0.05, 0.1) is 0 Å². The van der Waals surface area contributed by atoms with Crippen LogP contribution < -0.4 is 10.6 Å². The van der Waals surface area contributed by atoms with Crippen LogP contribution in [-0.4, -0.2) is 45.7 Å². The number of rotatable bonds is 11. The number of alkyl carbamates (subject to hydrolysis) is 1. The summed E-state index contributed by atoms with van der Waals surface area (Å²) in [6.45, 7) is 1.74. The lowest BCUT2D eigenvalue weighted by Gasteiger charge is -2.53. The van der Waals surface area contributed by atoms with Crippen LogP contribution in [0.1, 0.15) is 63.0 Å². The van der Waals surface area contributed by atoms with Crippen molar-refractivity contribution in [1.29, 1.82) is 0 Å². The van der Waals surface area contributed by atoms with Crippen molar-refractivity contribution in [1.82, 2.24) is 15.6 Å². The number of benzene rings is 2. The molecule has 0 saturated heterocycles. The van der Waals surface area contributed by atoms with Crippen LogP contribution in [-0.2, 0) is 27.2 Å². The molecule has 4 aliphatic rings. The first-order chi connectivity index (χ1) is 20.3. The second kappa shape index (κ2) is 11.8. The predicted octanol–water partition coefficient (Wildman–Crippen LogP) is 5.61. The van der Waals surface area contributed by atoms with Gasteiger partial charge in [-0.1, -0.05) is 48.5 Å². The summed E-state index contributed by atoms with van der Waals surface area (Å²) in [6.07, 6.45) is 7.99. The van der Waals surface area contributed by atoms with Crippen molar-refractivity contribution in [2.75, 3.05) is 0 Å². The molecule has 4 fully saturated rings. The minimum atomic E-state index is -1.33. The van der Waals surface area contributed by atoms with Gasteiger partial charge in [0.2, 0.25) is 5.91 Å². The Morgan fingerprint density at radius 3 is 2.33 bits per heavy atom. The zero-order valence-corrected chi connectivity index (χ0v) is 24.2. The van der Waals surface area contributed by atoms with Gasteiger partial charge in [-0.05, 0) is 92.7 Å². The number of nitrogens with one attached hydrogen (secondary N) is 3. The first kappa shape index (κ1) is 28.3. The van der Waals surface area contributed by atoms with Crippen molar-refractivity contribution in [3.8, 4) is 0 Å². The molecule has 0 unspecified atom stereocenters. The number of ether oxygens (including phenoxy) is 1. The zero-order chi connectivity index (χ0) is 29.3. The summed E-state index contributed by atoms with van der Waals surface area (Å²) in [6, 6.07) is 17.2. The van der Waals surface area contributed by atoms with Gasteiger partial charge in [0.25, 0.3) is 0 Å². The van der Waals surface area contributed by atoms with Crippen LogP contribution in [0.3, 0.4) is 0 Å². The van der Waals surface area contributed by atoms with Crippen molar-refractivity contribution >= 4 is 28.9 Å². The molecule has 0 spiro atoms. The number of carbonyl (C=O) groups is 3. The highest BCUT2D eigenvalue weighted by atomic mass is 16.6. The van der Waals surface area contributed by atoms with Crippen molar-refractivity contribution in [2.24, 2.45) is 23.7 Å². The van der Waals surface area contributed by atoms with Crippen LogP contribution in [0.5, 0.6) is 0 Å². The summed E-state index contributed by atoms with van der Waals surface area (Å²) in [7, 11) is 0. The molecular formula is C34H41N3O5. The van der Waals surface area contributed by atoms with Gasteiger partial charge in [-0.2, -0.15) is 0 Å². The van der Waals surface area contributed by atoms with E-state index in [2.05, 4.69) is 15.6 Å². The number of aromatic amines is 1. The standard InChI is InChI=1S/C34H41N3O5/c1-34(19-26-20-35-29-10-6-5-9-28(26)29,32(40)36-27(11-12-30(38)39)18-21-7-3-2-4-8-21)37-33(41)42-31-24-14-22-13-23(16-24)17-25(31)15-22/h2-10,20,22-25,27,31,35H,11-19H2,1H3,(H,36,40)(H,37,41)(H,38,39)/t22?,23?,24?,25?,27-,31?,34-/m1/s1. The Bertz CT molecular complexity index is 1410. The minimum Gasteiger partial charge on any atom is -0.481 e. The fraction of sp³-hybridized carbons (Fsp3) is 0.500. The molecule has 4 N–H and O–H groups in total. The number of carboxylic acid groups (broad SMARTS) is 1. The lowest BCUT2D eigenvalue weighted by molar-refractivity contribution is -0.137. The van der Waals surface area contributed by atoms with Gasteiger partial charge >= 0.3 is 12.1 Å². The van der Waals surface area contributed by atoms with Crippen LogP contribution >= 0.6 is 0 Å². The predicted molar refractivity (Wildman–Crippen MR) is 160 cm³/mol. The van der Waals surface area contributed by atoms with E-state index >= 15 is 0 Å². The van der Waals surface area contributed by atoms with Crippen molar-refractivity contribution in [3.63, 3.8) is 0 Å². The molecule has 0 aliphatic heterocycles. The molecular weight excluding hydrogens is 530 g/mol. The summed E-state index contributed by atoms with van der Waals surface area (Å²) < 4.78 is 6.14. The molecule has 0 radical (unpaired) electrons. The molecule has 4 saturated carbocycles. The van der Waals surface area contributed by atoms with Gasteiger partial charge in [-0.25, -0.2) is 4.79 Å². The minimum absolute atomic E-state index is 0.0706. The second-order valence-electron chi connectivity index (χ2n) is 13.1. The van der Waals surface area contributed by atoms with Crippen LogP contribution in [0.25, 0.3) is 10.9 Å². The number of amides is 2. The first-order valence-electron chi connectivity index (χ1n) is 15.4. The third-order valence-electron chi connectivity index (χ3n) is 9.85. The number of hydrogen-bond donors (Lipinski definition) is 4. The summed E-state index contributed by atoms with van der Waals surface area (Å²) in [5.74, 6) is 1.07. The third kappa shape index (κ3) is 6.18. The van der Waals surface area contributed by atoms with Crippen LogP contribution in [0.4, 0.5) is 4.79 Å². The molecule has 1 aromatic heterocycles. The molecule has 7 rings (SSSR count). The molecule has 1 heterocycles. The molecule has 4 bridgehead atoms. The van der Waals surface area contributed by atoms with E-state index in [1.54, 1.807) is 6.92 Å². The molecule has 2 amide bonds. The van der Waals surface area contributed by atoms with E-state index in [1.165, 1.54) is 6.42 Å². The van der Waals surface area contributed by atoms with E-state index in [0.717, 1.165) is 59.5 Å². The van der Waals surface area contributed by atoms with Crippen LogP contribution in [0.15, 0.2) is 60.8 Å². The maximum absolute atomic E-state index is 14.1. The summed E-state index contributed by atoms with van der Waals surface area (Å²) in [4.78, 5) is 42.3. The molecule has 3 aromatic rings. The normalized spacial score (nSPS) is 26.4. The lowest BCUT2D eigenvalue weighted by Crippen LogP contribution is -2.61. The van der Waals surface area contributed by atoms with Gasteiger partial charge in [0.15, 0.2) is 0 Å². The van der Waals surface area contributed by atoms with E-state index in [0.29, 0.717) is 18.3 Å². The lowest BCUT2D eigenvalue weighted by atomic mass is 9.55. The summed E-state index contributed by atoms with van der Waals surface area (Å²) >= 11 is 0. The van der Waals surface area contributed by atoms with Crippen LogP contribution in [0.2, 0.25) is 0 Å². The number of hydrogen-bond acceptors (Lipinski definition) is 4. The zero-order valence-electron chi connectivity index (χ0n) is 24.2. The van der Waals surface area contributed by atoms with E-state index in [9.17, 15) is 19.5 Å². The fourth-order valence-corrected chi connectivity index (χ4v) is 8.05. The molecule has 8 heteroatoms. The number of H-pyrrole nitrogens is 1. The molecule has 222 valence electrons. The van der Waals surface area contributed by atoms with Crippen molar-refractivity contribution in [3.05, 3.63) is 71.9 Å².